The fourth-order valence-electron chi connectivity index (χ4n) is 2.26. The highest BCUT2D eigenvalue weighted by molar-refractivity contribution is 7.09. The largest absolute Gasteiger partial charge is 0.391 e. The summed E-state index contributed by atoms with van der Waals surface area (Å²) in [7, 11) is 0. The molecule has 1 aromatic heterocycles. The Morgan fingerprint density at radius 3 is 2.41 bits per heavy atom. The Hall–Kier alpha value is -0.620. The molecule has 0 spiro atoms. The molecule has 17 heavy (non-hydrogen) atoms. The molecule has 0 saturated heterocycles. The van der Waals surface area contributed by atoms with Crippen molar-refractivity contribution in [1.82, 2.24) is 4.98 Å². The van der Waals surface area contributed by atoms with E-state index >= 15 is 0 Å². The van der Waals surface area contributed by atoms with Crippen LogP contribution in [0.4, 0.5) is 13.2 Å². The topological polar surface area (TPSA) is 38.9 Å². The van der Waals surface area contributed by atoms with Crippen LogP contribution in [0.2, 0.25) is 0 Å². The molecule has 1 fully saturated rings. The van der Waals surface area contributed by atoms with Crippen LogP contribution in [0.5, 0.6) is 0 Å². The van der Waals surface area contributed by atoms with Gasteiger partial charge in [-0.15, -0.1) is 11.3 Å². The molecule has 0 aliphatic heterocycles. The minimum absolute atomic E-state index is 0.110. The number of nitrogens with zero attached hydrogens (tertiary/aromatic N) is 1. The average Bonchev–Trinajstić information content (AvgIpc) is 2.65. The van der Waals surface area contributed by atoms with Gasteiger partial charge in [-0.3, -0.25) is 0 Å². The first kappa shape index (κ1) is 12.8. The normalized spacial score (nSPS) is 30.5. The molecule has 1 heterocycles. The molecular weight excluding hydrogens is 249 g/mol. The maximum atomic E-state index is 12.5. The Kier molecular flexibility index (Phi) is 3.20. The van der Waals surface area contributed by atoms with Gasteiger partial charge in [0.25, 0.3) is 0 Å². The molecule has 2 nitrogen and oxygen atoms in total. The molecule has 0 atom stereocenters. The SMILES string of the molecule is Cc1csc(C2(N)CCC(C(F)(F)F)CC2)n1. The van der Waals surface area contributed by atoms with E-state index < -0.39 is 17.6 Å². The summed E-state index contributed by atoms with van der Waals surface area (Å²) in [4.78, 5) is 4.31. The number of halogens is 3. The van der Waals surface area contributed by atoms with Gasteiger partial charge in [0.1, 0.15) is 5.01 Å². The number of nitrogens with two attached hydrogens (primary N) is 1. The molecule has 0 amide bonds. The molecule has 0 radical (unpaired) electrons. The molecule has 96 valence electrons. The van der Waals surface area contributed by atoms with E-state index in [4.69, 9.17) is 5.73 Å². The number of aromatic nitrogens is 1. The summed E-state index contributed by atoms with van der Waals surface area (Å²) in [6, 6.07) is 0. The molecule has 1 saturated carbocycles. The number of rotatable bonds is 1. The van der Waals surface area contributed by atoms with Crippen molar-refractivity contribution in [2.45, 2.75) is 44.3 Å². The van der Waals surface area contributed by atoms with E-state index in [0.29, 0.717) is 12.8 Å². The van der Waals surface area contributed by atoms with Gasteiger partial charge < -0.3 is 5.73 Å². The molecule has 1 aromatic rings. The average molecular weight is 264 g/mol. The van der Waals surface area contributed by atoms with Gasteiger partial charge >= 0.3 is 6.18 Å². The van der Waals surface area contributed by atoms with Gasteiger partial charge in [-0.05, 0) is 32.6 Å². The zero-order valence-electron chi connectivity index (χ0n) is 9.55. The summed E-state index contributed by atoms with van der Waals surface area (Å²) in [5, 5.41) is 2.66. The first-order valence-electron chi connectivity index (χ1n) is 5.59. The summed E-state index contributed by atoms with van der Waals surface area (Å²) in [6.45, 7) is 1.87. The Balaban J connectivity index is 2.07. The monoisotopic (exact) mass is 264 g/mol. The van der Waals surface area contributed by atoms with E-state index in [9.17, 15) is 13.2 Å². The van der Waals surface area contributed by atoms with E-state index in [1.165, 1.54) is 11.3 Å². The fraction of sp³-hybridized carbons (Fsp3) is 0.727. The van der Waals surface area contributed by atoms with Crippen LogP contribution < -0.4 is 5.73 Å². The summed E-state index contributed by atoms with van der Waals surface area (Å²) in [5.74, 6) is -1.19. The summed E-state index contributed by atoms with van der Waals surface area (Å²) >= 11 is 1.45. The number of hydrogen-bond donors (Lipinski definition) is 1. The Morgan fingerprint density at radius 2 is 2.00 bits per heavy atom. The second kappa shape index (κ2) is 4.24. The lowest BCUT2D eigenvalue weighted by Gasteiger charge is -2.36. The maximum Gasteiger partial charge on any atom is 0.391 e. The van der Waals surface area contributed by atoms with Crippen LogP contribution in [0.15, 0.2) is 5.38 Å². The molecule has 0 unspecified atom stereocenters. The van der Waals surface area contributed by atoms with Crippen LogP contribution in [-0.2, 0) is 5.54 Å². The van der Waals surface area contributed by atoms with E-state index in [-0.39, 0.29) is 12.8 Å². The van der Waals surface area contributed by atoms with E-state index in [1.807, 2.05) is 12.3 Å². The number of hydrogen-bond acceptors (Lipinski definition) is 3. The molecule has 0 aromatic carbocycles. The van der Waals surface area contributed by atoms with Crippen LogP contribution in [0.25, 0.3) is 0 Å². The smallest absolute Gasteiger partial charge is 0.319 e. The molecule has 1 aliphatic rings. The van der Waals surface area contributed by atoms with Crippen LogP contribution in [0.1, 0.15) is 36.4 Å². The number of aryl methyl sites for hydroxylation is 1. The highest BCUT2D eigenvalue weighted by Crippen LogP contribution is 2.44. The maximum absolute atomic E-state index is 12.5. The third-order valence-corrected chi connectivity index (χ3v) is 4.57. The first-order valence-corrected chi connectivity index (χ1v) is 6.47. The molecule has 1 aliphatic carbocycles. The Labute approximate surface area is 102 Å². The fourth-order valence-corrected chi connectivity index (χ4v) is 3.23. The van der Waals surface area contributed by atoms with Crippen LogP contribution in [0.3, 0.4) is 0 Å². The zero-order chi connectivity index (χ0) is 12.7. The lowest BCUT2D eigenvalue weighted by atomic mass is 9.77. The van der Waals surface area contributed by atoms with Gasteiger partial charge in [0.15, 0.2) is 0 Å². The van der Waals surface area contributed by atoms with Crippen LogP contribution >= 0.6 is 11.3 Å². The van der Waals surface area contributed by atoms with Gasteiger partial charge in [0, 0.05) is 11.1 Å². The predicted molar refractivity (Wildman–Crippen MR) is 60.7 cm³/mol. The first-order chi connectivity index (χ1) is 7.81. The van der Waals surface area contributed by atoms with Gasteiger partial charge in [-0.25, -0.2) is 4.98 Å². The molecule has 6 heteroatoms. The van der Waals surface area contributed by atoms with Crippen molar-refractivity contribution in [3.63, 3.8) is 0 Å². The molecular formula is C11H15F3N2S. The molecule has 2 rings (SSSR count). The van der Waals surface area contributed by atoms with Crippen molar-refractivity contribution < 1.29 is 13.2 Å². The van der Waals surface area contributed by atoms with Crippen molar-refractivity contribution in [3.05, 3.63) is 16.1 Å². The highest BCUT2D eigenvalue weighted by atomic mass is 32.1. The zero-order valence-corrected chi connectivity index (χ0v) is 10.4. The minimum Gasteiger partial charge on any atom is -0.319 e. The van der Waals surface area contributed by atoms with Crippen LogP contribution in [-0.4, -0.2) is 11.2 Å². The van der Waals surface area contributed by atoms with Gasteiger partial charge in [0.2, 0.25) is 0 Å². The minimum atomic E-state index is -4.08. The quantitative estimate of drug-likeness (QED) is 0.844. The molecule has 0 bridgehead atoms. The predicted octanol–water partition coefficient (Wildman–Crippen LogP) is 3.36. The summed E-state index contributed by atoms with van der Waals surface area (Å²) < 4.78 is 37.6. The Bertz CT molecular complexity index is 392. The van der Waals surface area contributed by atoms with Gasteiger partial charge in [-0.1, -0.05) is 0 Å². The van der Waals surface area contributed by atoms with Crippen molar-refractivity contribution in [2.24, 2.45) is 11.7 Å². The van der Waals surface area contributed by atoms with Crippen molar-refractivity contribution in [1.29, 1.82) is 0 Å². The van der Waals surface area contributed by atoms with Gasteiger partial charge in [0.05, 0.1) is 11.5 Å². The second-order valence-electron chi connectivity index (χ2n) is 4.77. The van der Waals surface area contributed by atoms with Gasteiger partial charge in [-0.2, -0.15) is 13.2 Å². The Morgan fingerprint density at radius 1 is 1.41 bits per heavy atom. The second-order valence-corrected chi connectivity index (χ2v) is 5.62. The van der Waals surface area contributed by atoms with Crippen LogP contribution in [0, 0.1) is 12.8 Å². The standard InChI is InChI=1S/C11H15F3N2S/c1-7-6-17-9(16-7)10(15)4-2-8(3-5-10)11(12,13)14/h6,8H,2-5,15H2,1H3. The summed E-state index contributed by atoms with van der Waals surface area (Å²) in [6.07, 6.45) is -3.13. The third kappa shape index (κ3) is 2.63. The van der Waals surface area contributed by atoms with Crippen molar-refractivity contribution in [3.8, 4) is 0 Å². The van der Waals surface area contributed by atoms with E-state index in [1.54, 1.807) is 0 Å². The van der Waals surface area contributed by atoms with Crippen molar-refractivity contribution >= 4 is 11.3 Å². The lowest BCUT2D eigenvalue weighted by molar-refractivity contribution is -0.184. The van der Waals surface area contributed by atoms with E-state index in [0.717, 1.165) is 10.7 Å². The molecule has 2 N–H and O–H groups in total. The van der Waals surface area contributed by atoms with Crippen molar-refractivity contribution in [2.75, 3.05) is 0 Å². The summed E-state index contributed by atoms with van der Waals surface area (Å²) in [5.41, 5.74) is 6.41. The number of thiazole rings is 1. The lowest BCUT2D eigenvalue weighted by Crippen LogP contribution is -2.42. The van der Waals surface area contributed by atoms with E-state index in [2.05, 4.69) is 4.98 Å². The third-order valence-electron chi connectivity index (χ3n) is 3.39. The highest BCUT2D eigenvalue weighted by Gasteiger charge is 2.45. The number of alkyl halides is 3.